The van der Waals surface area contributed by atoms with E-state index < -0.39 is 5.43 Å². The summed E-state index contributed by atoms with van der Waals surface area (Å²) in [7, 11) is 0. The highest BCUT2D eigenvalue weighted by Gasteiger charge is 2.02. The van der Waals surface area contributed by atoms with E-state index in [1.807, 2.05) is 0 Å². The van der Waals surface area contributed by atoms with E-state index in [9.17, 15) is 4.79 Å². The van der Waals surface area contributed by atoms with E-state index in [1.165, 1.54) is 0 Å². The third kappa shape index (κ3) is 1.81. The van der Waals surface area contributed by atoms with Crippen LogP contribution in [0.1, 0.15) is 0 Å². The lowest BCUT2D eigenvalue weighted by Gasteiger charge is -1.85. The van der Waals surface area contributed by atoms with Crippen LogP contribution in [0.25, 0.3) is 0 Å². The maximum Gasteiger partial charge on any atom is 0.235 e. The molecule has 0 spiro atoms. The fourth-order valence-electron chi connectivity index (χ4n) is 0.593. The molecule has 0 aliphatic rings. The zero-order valence-corrected chi connectivity index (χ0v) is 8.52. The predicted molar refractivity (Wildman–Crippen MR) is 49.8 cm³/mol. The highest BCUT2D eigenvalue weighted by molar-refractivity contribution is 9.11. The van der Waals surface area contributed by atoms with E-state index in [2.05, 4.69) is 31.9 Å². The van der Waals surface area contributed by atoms with Crippen molar-refractivity contribution in [2.45, 2.75) is 0 Å². The second-order valence-electron chi connectivity index (χ2n) is 1.90. The summed E-state index contributed by atoms with van der Waals surface area (Å²) < 4.78 is 0.744. The predicted octanol–water partition coefficient (Wildman–Crippen LogP) is 2.28. The molecule has 0 aliphatic heterocycles. The van der Waals surface area contributed by atoms with E-state index >= 15 is 0 Å². The molecule has 2 nitrogen and oxygen atoms in total. The smallest absolute Gasteiger partial charge is 0.235 e. The zero-order chi connectivity index (χ0) is 8.43. The summed E-state index contributed by atoms with van der Waals surface area (Å²) in [5.41, 5.74) is -0.415. The van der Waals surface area contributed by atoms with Gasteiger partial charge in [0.2, 0.25) is 5.43 Å². The molecule has 1 aromatic rings. The van der Waals surface area contributed by atoms with Gasteiger partial charge in [0.1, 0.15) is 0 Å². The first-order valence-electron chi connectivity index (χ1n) is 2.80. The van der Waals surface area contributed by atoms with Crippen LogP contribution in [0.3, 0.4) is 0 Å². The van der Waals surface area contributed by atoms with Crippen molar-refractivity contribution in [2.75, 3.05) is 0 Å². The largest absolute Gasteiger partial charge is 0.503 e. The molecular formula is C7H4Br2O2. The van der Waals surface area contributed by atoms with Gasteiger partial charge in [-0.05, 0) is 44.0 Å². The maximum atomic E-state index is 11.1. The van der Waals surface area contributed by atoms with Crippen LogP contribution in [0.5, 0.6) is 5.75 Å². The number of hydrogen-bond acceptors (Lipinski definition) is 2. The van der Waals surface area contributed by atoms with Crippen LogP contribution in [0.4, 0.5) is 0 Å². The minimum Gasteiger partial charge on any atom is -0.503 e. The summed E-state index contributed by atoms with van der Waals surface area (Å²) in [6, 6.07) is 4.84. The number of aromatic hydroxyl groups is 1. The second kappa shape index (κ2) is 3.36. The van der Waals surface area contributed by atoms with Crippen molar-refractivity contribution in [1.29, 1.82) is 0 Å². The van der Waals surface area contributed by atoms with Crippen LogP contribution in [-0.2, 0) is 0 Å². The lowest BCUT2D eigenvalue weighted by molar-refractivity contribution is 0.467. The van der Waals surface area contributed by atoms with Gasteiger partial charge < -0.3 is 5.11 Å². The minimum absolute atomic E-state index is 0.276. The maximum absolute atomic E-state index is 11.1. The topological polar surface area (TPSA) is 37.3 Å². The van der Waals surface area contributed by atoms with Crippen LogP contribution in [0.15, 0.2) is 31.9 Å². The van der Waals surface area contributed by atoms with Gasteiger partial charge in [-0.2, -0.15) is 0 Å². The van der Waals surface area contributed by atoms with Crippen molar-refractivity contribution in [3.8, 4) is 5.75 Å². The molecule has 4 heteroatoms. The van der Waals surface area contributed by atoms with Crippen molar-refractivity contribution >= 4 is 31.9 Å². The van der Waals surface area contributed by atoms with E-state index in [-0.39, 0.29) is 5.75 Å². The van der Waals surface area contributed by atoms with Gasteiger partial charge in [-0.25, -0.2) is 0 Å². The lowest BCUT2D eigenvalue weighted by atomic mass is 10.5. The molecule has 0 fully saturated rings. The highest BCUT2D eigenvalue weighted by atomic mass is 79.9. The molecule has 58 valence electrons. The Kier molecular flexibility index (Phi) is 2.67. The Morgan fingerprint density at radius 3 is 2.36 bits per heavy atom. The van der Waals surface area contributed by atoms with Crippen molar-refractivity contribution in [1.82, 2.24) is 0 Å². The van der Waals surface area contributed by atoms with Crippen molar-refractivity contribution in [3.63, 3.8) is 0 Å². The first-order chi connectivity index (χ1) is 5.13. The molecule has 0 heterocycles. The average molecular weight is 280 g/mol. The van der Waals surface area contributed by atoms with Gasteiger partial charge in [-0.15, -0.1) is 0 Å². The van der Waals surface area contributed by atoms with Crippen LogP contribution < -0.4 is 5.43 Å². The number of halogens is 2. The fourth-order valence-corrected chi connectivity index (χ4v) is 1.27. The van der Waals surface area contributed by atoms with Crippen molar-refractivity contribution in [3.05, 3.63) is 37.4 Å². The third-order valence-corrected chi connectivity index (χ3v) is 2.41. The third-order valence-electron chi connectivity index (χ3n) is 1.14. The van der Waals surface area contributed by atoms with Gasteiger partial charge in [0.05, 0.1) is 8.95 Å². The summed E-state index contributed by atoms with van der Waals surface area (Å²) in [6.07, 6.45) is 0. The van der Waals surface area contributed by atoms with Crippen LogP contribution in [0.2, 0.25) is 0 Å². The van der Waals surface area contributed by atoms with Crippen LogP contribution in [0, 0.1) is 0 Å². The summed E-state index contributed by atoms with van der Waals surface area (Å²) in [5.74, 6) is -0.276. The molecule has 0 aromatic heterocycles. The summed E-state index contributed by atoms with van der Waals surface area (Å²) in [6.45, 7) is 0. The molecule has 1 rings (SSSR count). The number of rotatable bonds is 0. The molecule has 1 aromatic carbocycles. The second-order valence-corrected chi connectivity index (χ2v) is 3.61. The van der Waals surface area contributed by atoms with Gasteiger partial charge in [0.25, 0.3) is 0 Å². The van der Waals surface area contributed by atoms with Crippen molar-refractivity contribution in [2.24, 2.45) is 0 Å². The normalized spacial score (nSPS) is 9.64. The van der Waals surface area contributed by atoms with Crippen LogP contribution in [-0.4, -0.2) is 5.11 Å². The van der Waals surface area contributed by atoms with Gasteiger partial charge >= 0.3 is 0 Å². The molecular weight excluding hydrogens is 276 g/mol. The Bertz CT molecular complexity index is 336. The first kappa shape index (κ1) is 8.74. The van der Waals surface area contributed by atoms with Gasteiger partial charge in [-0.1, -0.05) is 6.07 Å². The van der Waals surface area contributed by atoms with Crippen molar-refractivity contribution < 1.29 is 5.11 Å². The highest BCUT2D eigenvalue weighted by Crippen LogP contribution is 2.19. The number of hydrogen-bond donors (Lipinski definition) is 1. The minimum atomic E-state index is -0.415. The molecule has 0 saturated heterocycles. The van der Waals surface area contributed by atoms with E-state index in [0.29, 0.717) is 8.95 Å². The first-order valence-corrected chi connectivity index (χ1v) is 4.39. The van der Waals surface area contributed by atoms with Gasteiger partial charge in [-0.3, -0.25) is 4.79 Å². The molecule has 0 bridgehead atoms. The molecule has 0 unspecified atom stereocenters. The zero-order valence-electron chi connectivity index (χ0n) is 5.34. The van der Waals surface area contributed by atoms with E-state index in [1.54, 1.807) is 18.2 Å². The Balaban J connectivity index is 3.62. The summed E-state index contributed by atoms with van der Waals surface area (Å²) in [5, 5.41) is 9.16. The summed E-state index contributed by atoms with van der Waals surface area (Å²) in [4.78, 5) is 11.1. The molecule has 11 heavy (non-hydrogen) atoms. The quantitative estimate of drug-likeness (QED) is 0.791. The monoisotopic (exact) mass is 278 g/mol. The standard InChI is InChI=1S/C7H4Br2O2/c8-4-2-1-3-5(9)7(11)6(4)10/h1-3H,(H,10,11). The molecule has 0 aliphatic carbocycles. The Hall–Kier alpha value is -0.350. The van der Waals surface area contributed by atoms with Gasteiger partial charge in [0.15, 0.2) is 5.75 Å². The molecule has 0 atom stereocenters. The molecule has 0 radical (unpaired) electrons. The Morgan fingerprint density at radius 2 is 1.73 bits per heavy atom. The Morgan fingerprint density at radius 1 is 1.18 bits per heavy atom. The summed E-state index contributed by atoms with van der Waals surface area (Å²) >= 11 is 6.06. The van der Waals surface area contributed by atoms with Gasteiger partial charge in [0, 0.05) is 0 Å². The lowest BCUT2D eigenvalue weighted by Crippen LogP contribution is -1.96. The van der Waals surface area contributed by atoms with Crippen LogP contribution >= 0.6 is 31.9 Å². The SMILES string of the molecule is O=c1c(Br)cccc(Br)c1O. The molecule has 0 amide bonds. The average Bonchev–Trinajstić information content (AvgIpc) is 2.07. The van der Waals surface area contributed by atoms with E-state index in [0.717, 1.165) is 0 Å². The fraction of sp³-hybridized carbons (Fsp3) is 0. The molecule has 0 saturated carbocycles. The molecule has 1 N–H and O–H groups in total. The Labute approximate surface area is 80.1 Å². The van der Waals surface area contributed by atoms with E-state index in [4.69, 9.17) is 5.11 Å².